The van der Waals surface area contributed by atoms with Crippen molar-refractivity contribution in [2.45, 2.75) is 45.1 Å². The Bertz CT molecular complexity index is 2090. The Kier molecular flexibility index (Phi) is 10.4. The minimum absolute atomic E-state index is 0.000277. The number of amides is 2. The Balaban J connectivity index is 1.14. The molecule has 6 aromatic rings. The average Bonchev–Trinajstić information content (AvgIpc) is 3.87. The summed E-state index contributed by atoms with van der Waals surface area (Å²) in [6.07, 6.45) is 5.53. The summed E-state index contributed by atoms with van der Waals surface area (Å²) < 4.78 is 1.86. The predicted octanol–water partition coefficient (Wildman–Crippen LogP) is 9.58. The third-order valence-corrected chi connectivity index (χ3v) is 11.5. The molecular formula is C44H42N4O4S. The molecule has 0 spiro atoms. The van der Waals surface area contributed by atoms with Gasteiger partial charge in [-0.3, -0.25) is 14.3 Å². The van der Waals surface area contributed by atoms with Gasteiger partial charge in [-0.2, -0.15) is 5.10 Å². The number of carboxylic acids is 1. The van der Waals surface area contributed by atoms with Gasteiger partial charge in [-0.15, -0.1) is 11.3 Å². The van der Waals surface area contributed by atoms with Gasteiger partial charge in [0.15, 0.2) is 5.69 Å². The van der Waals surface area contributed by atoms with E-state index in [0.717, 1.165) is 64.2 Å². The van der Waals surface area contributed by atoms with Gasteiger partial charge >= 0.3 is 5.97 Å². The minimum atomic E-state index is -1.06. The lowest BCUT2D eigenvalue weighted by Gasteiger charge is -2.36. The molecule has 1 aliphatic carbocycles. The van der Waals surface area contributed by atoms with Crippen molar-refractivity contribution in [1.29, 1.82) is 0 Å². The van der Waals surface area contributed by atoms with Crippen LogP contribution in [0.15, 0.2) is 134 Å². The van der Waals surface area contributed by atoms with E-state index < -0.39 is 11.5 Å². The van der Waals surface area contributed by atoms with Crippen LogP contribution in [-0.2, 0) is 10.3 Å². The third-order valence-electron chi connectivity index (χ3n) is 10.3. The minimum Gasteiger partial charge on any atom is -0.477 e. The summed E-state index contributed by atoms with van der Waals surface area (Å²) in [6.45, 7) is 4.49. The third kappa shape index (κ3) is 7.04. The molecule has 0 bridgehead atoms. The van der Waals surface area contributed by atoms with Gasteiger partial charge in [0.25, 0.3) is 5.91 Å². The van der Waals surface area contributed by atoms with Crippen LogP contribution in [-0.4, -0.2) is 39.2 Å². The number of benzene rings is 4. The second-order valence-electron chi connectivity index (χ2n) is 13.7. The molecule has 1 aliphatic rings. The summed E-state index contributed by atoms with van der Waals surface area (Å²) in [5.74, 6) is -0.892. The number of carbonyl (C=O) groups excluding carboxylic acids is 2. The van der Waals surface area contributed by atoms with Crippen LogP contribution in [0.3, 0.4) is 0 Å². The molecule has 1 saturated carbocycles. The second-order valence-corrected chi connectivity index (χ2v) is 14.7. The van der Waals surface area contributed by atoms with Gasteiger partial charge in [0.1, 0.15) is 10.4 Å². The fourth-order valence-electron chi connectivity index (χ4n) is 7.53. The summed E-state index contributed by atoms with van der Waals surface area (Å²) in [5, 5.41) is 18.0. The van der Waals surface area contributed by atoms with Gasteiger partial charge in [-0.1, -0.05) is 110 Å². The van der Waals surface area contributed by atoms with Crippen LogP contribution in [0.5, 0.6) is 0 Å². The Morgan fingerprint density at radius 2 is 1.36 bits per heavy atom. The van der Waals surface area contributed by atoms with Crippen LogP contribution in [0.1, 0.15) is 76.4 Å². The van der Waals surface area contributed by atoms with Gasteiger partial charge in [0.2, 0.25) is 5.91 Å². The zero-order valence-electron chi connectivity index (χ0n) is 29.8. The van der Waals surface area contributed by atoms with Crippen LogP contribution in [0.25, 0.3) is 10.4 Å². The molecule has 0 atom stereocenters. The van der Waals surface area contributed by atoms with Gasteiger partial charge in [-0.05, 0) is 85.0 Å². The van der Waals surface area contributed by atoms with Crippen molar-refractivity contribution in [3.05, 3.63) is 161 Å². The lowest BCUT2D eigenvalue weighted by atomic mass is 9.77. The molecule has 8 nitrogen and oxygen atoms in total. The molecule has 4 aromatic carbocycles. The lowest BCUT2D eigenvalue weighted by molar-refractivity contribution is -0.123. The summed E-state index contributed by atoms with van der Waals surface area (Å²) >= 11 is 1.15. The van der Waals surface area contributed by atoms with Crippen molar-refractivity contribution in [2.75, 3.05) is 16.8 Å². The van der Waals surface area contributed by atoms with Gasteiger partial charge in [0, 0.05) is 29.2 Å². The number of aromatic nitrogens is 2. The molecule has 2 amide bonds. The highest BCUT2D eigenvalue weighted by molar-refractivity contribution is 7.18. The van der Waals surface area contributed by atoms with E-state index in [-0.39, 0.29) is 28.3 Å². The van der Waals surface area contributed by atoms with Crippen LogP contribution in [0.2, 0.25) is 0 Å². The summed E-state index contributed by atoms with van der Waals surface area (Å²) in [7, 11) is 0. The van der Waals surface area contributed by atoms with E-state index in [4.69, 9.17) is 5.10 Å². The van der Waals surface area contributed by atoms with Gasteiger partial charge < -0.3 is 15.3 Å². The molecule has 9 heteroatoms. The van der Waals surface area contributed by atoms with E-state index in [9.17, 15) is 19.5 Å². The fraction of sp³-hybridized carbons (Fsp3) is 0.227. The molecule has 7 rings (SSSR count). The molecule has 1 fully saturated rings. The van der Waals surface area contributed by atoms with Gasteiger partial charge in [0.05, 0.1) is 5.69 Å². The van der Waals surface area contributed by atoms with Crippen molar-refractivity contribution in [1.82, 2.24) is 9.78 Å². The Hall–Kier alpha value is -5.80. The van der Waals surface area contributed by atoms with Crippen LogP contribution >= 0.6 is 11.3 Å². The number of aromatic carboxylic acids is 1. The van der Waals surface area contributed by atoms with E-state index in [1.807, 2.05) is 84.5 Å². The van der Waals surface area contributed by atoms with E-state index in [1.165, 1.54) is 0 Å². The van der Waals surface area contributed by atoms with Gasteiger partial charge in [-0.25, -0.2) is 4.79 Å². The zero-order chi connectivity index (χ0) is 37.0. The van der Waals surface area contributed by atoms with Crippen molar-refractivity contribution < 1.29 is 19.5 Å². The molecule has 268 valence electrons. The Morgan fingerprint density at radius 1 is 0.811 bits per heavy atom. The van der Waals surface area contributed by atoms with Crippen LogP contribution in [0.4, 0.5) is 11.4 Å². The Labute approximate surface area is 313 Å². The highest BCUT2D eigenvalue weighted by Crippen LogP contribution is 2.41. The maximum absolute atomic E-state index is 13.7. The number of nitrogens with one attached hydrogen (secondary N) is 1. The first-order chi connectivity index (χ1) is 25.8. The van der Waals surface area contributed by atoms with E-state index >= 15 is 0 Å². The standard InChI is InChI=1S/C44H42N4O4S/c1-3-47(42(50)32-21-19-30(2)20-22-32)38-29-39(53-40(38)43(51)52)31-23-25-36(26-24-31)45-41(49)37-27-28-48(46-37)44(33-13-7-4-8-14-33,34-15-9-5-10-16-34)35-17-11-6-12-18-35/h4-18,23-30,32H,3,19-22H2,1-2H3,(H,45,49)(H,51,52)/t30-,32-. The highest BCUT2D eigenvalue weighted by atomic mass is 32.1. The lowest BCUT2D eigenvalue weighted by Crippen LogP contribution is -2.38. The quantitative estimate of drug-likeness (QED) is 0.130. The number of hydrogen-bond donors (Lipinski definition) is 2. The number of nitrogens with zero attached hydrogens (tertiary/aromatic N) is 3. The molecule has 0 aliphatic heterocycles. The maximum Gasteiger partial charge on any atom is 0.348 e. The summed E-state index contributed by atoms with van der Waals surface area (Å²) in [4.78, 5) is 42.1. The first-order valence-electron chi connectivity index (χ1n) is 18.1. The number of anilines is 2. The molecule has 0 unspecified atom stereocenters. The molecular weight excluding hydrogens is 681 g/mol. The SMILES string of the molecule is CCN(c1cc(-c2ccc(NC(=O)c3ccn(C(c4ccccc4)(c4ccccc4)c4ccccc4)n3)cc2)sc1C(=O)O)C(=O)[C@H]1CC[C@H](C)CC1. The number of thiophene rings is 1. The van der Waals surface area contributed by atoms with Crippen LogP contribution in [0, 0.1) is 11.8 Å². The number of rotatable bonds is 11. The molecule has 53 heavy (non-hydrogen) atoms. The molecule has 2 aromatic heterocycles. The monoisotopic (exact) mass is 722 g/mol. The topological polar surface area (TPSA) is 105 Å². The first-order valence-corrected chi connectivity index (χ1v) is 18.9. The molecule has 0 radical (unpaired) electrons. The molecule has 2 heterocycles. The molecule has 0 saturated heterocycles. The number of carbonyl (C=O) groups is 3. The smallest absolute Gasteiger partial charge is 0.348 e. The maximum atomic E-state index is 13.7. The summed E-state index contributed by atoms with van der Waals surface area (Å²) in [5.41, 5.74) is 4.22. The molecule has 2 N–H and O–H groups in total. The average molecular weight is 723 g/mol. The summed E-state index contributed by atoms with van der Waals surface area (Å²) in [6, 6.07) is 41.3. The van der Waals surface area contributed by atoms with Crippen molar-refractivity contribution in [3.63, 3.8) is 0 Å². The van der Waals surface area contributed by atoms with E-state index in [2.05, 4.69) is 48.6 Å². The largest absolute Gasteiger partial charge is 0.477 e. The normalized spacial score (nSPS) is 15.8. The van der Waals surface area contributed by atoms with E-state index in [0.29, 0.717) is 23.8 Å². The van der Waals surface area contributed by atoms with Crippen LogP contribution < -0.4 is 10.2 Å². The Morgan fingerprint density at radius 3 is 1.87 bits per heavy atom. The highest BCUT2D eigenvalue weighted by Gasteiger charge is 2.39. The van der Waals surface area contributed by atoms with Crippen molar-refractivity contribution in [2.24, 2.45) is 11.8 Å². The predicted molar refractivity (Wildman–Crippen MR) is 211 cm³/mol. The number of hydrogen-bond acceptors (Lipinski definition) is 5. The fourth-order valence-corrected chi connectivity index (χ4v) is 8.53. The number of carboxylic acid groups (broad SMARTS) is 1. The van der Waals surface area contributed by atoms with Crippen molar-refractivity contribution in [3.8, 4) is 10.4 Å². The first kappa shape index (κ1) is 35.6. The van der Waals surface area contributed by atoms with E-state index in [1.54, 1.807) is 29.2 Å². The van der Waals surface area contributed by atoms with Crippen molar-refractivity contribution >= 4 is 40.5 Å². The second kappa shape index (κ2) is 15.4. The zero-order valence-corrected chi connectivity index (χ0v) is 30.6.